The van der Waals surface area contributed by atoms with E-state index in [1.165, 1.54) is 16.3 Å². The van der Waals surface area contributed by atoms with Gasteiger partial charge in [-0.05, 0) is 34.0 Å². The van der Waals surface area contributed by atoms with Crippen molar-refractivity contribution in [3.8, 4) is 0 Å². The van der Waals surface area contributed by atoms with Gasteiger partial charge in [-0.15, -0.1) is 0 Å². The number of para-hydroxylation sites is 2. The van der Waals surface area contributed by atoms with Gasteiger partial charge in [-0.1, -0.05) is 30.8 Å². The lowest BCUT2D eigenvalue weighted by Crippen LogP contribution is -2.29. The number of H-pyrrole nitrogens is 1. The molecule has 8 nitrogen and oxygen atoms in total. The number of rotatable bonds is 5. The number of hydrogen-bond acceptors (Lipinski definition) is 6. The minimum atomic E-state index is -0.482. The van der Waals surface area contributed by atoms with Gasteiger partial charge >= 0.3 is 5.69 Å². The van der Waals surface area contributed by atoms with Crippen LogP contribution in [-0.4, -0.2) is 29.8 Å². The molecule has 0 aliphatic rings. The number of aromatic nitrogens is 5. The maximum Gasteiger partial charge on any atom is 0.329 e. The summed E-state index contributed by atoms with van der Waals surface area (Å²) in [6.07, 6.45) is 0. The summed E-state index contributed by atoms with van der Waals surface area (Å²) in [5.41, 5.74) is 1.42. The van der Waals surface area contributed by atoms with Crippen molar-refractivity contribution in [2.75, 3.05) is 5.75 Å². The second kappa shape index (κ2) is 7.01. The Morgan fingerprint density at radius 2 is 2.07 bits per heavy atom. The van der Waals surface area contributed by atoms with E-state index in [-0.39, 0.29) is 5.92 Å². The van der Waals surface area contributed by atoms with E-state index in [9.17, 15) is 9.59 Å². The molecular formula is C17H16BrN5O3S. The summed E-state index contributed by atoms with van der Waals surface area (Å²) in [7, 11) is 1.58. The molecule has 0 fully saturated rings. The highest BCUT2D eigenvalue weighted by molar-refractivity contribution is 9.10. The minimum Gasteiger partial charge on any atom is -0.431 e. The number of benzene rings is 1. The van der Waals surface area contributed by atoms with Crippen molar-refractivity contribution in [3.63, 3.8) is 0 Å². The molecule has 10 heteroatoms. The number of oxazole rings is 1. The van der Waals surface area contributed by atoms with Crippen LogP contribution in [0.1, 0.15) is 6.92 Å². The van der Waals surface area contributed by atoms with Gasteiger partial charge in [0.15, 0.2) is 21.5 Å². The van der Waals surface area contributed by atoms with Crippen molar-refractivity contribution in [2.24, 2.45) is 13.0 Å². The zero-order valence-electron chi connectivity index (χ0n) is 14.6. The first-order valence-electron chi connectivity index (χ1n) is 8.27. The van der Waals surface area contributed by atoms with Gasteiger partial charge in [0.2, 0.25) is 0 Å². The SMILES string of the molecule is C[C@@H](CSc1nc2ccccc2o1)Cn1c(Br)nc2c1c(=O)[nH]c(=O)n2C. The minimum absolute atomic E-state index is 0.204. The fraction of sp³-hybridized carbons (Fsp3) is 0.294. The molecule has 0 saturated carbocycles. The Labute approximate surface area is 165 Å². The molecule has 1 aromatic carbocycles. The van der Waals surface area contributed by atoms with E-state index in [4.69, 9.17) is 4.42 Å². The first-order chi connectivity index (χ1) is 12.9. The van der Waals surface area contributed by atoms with E-state index in [1.54, 1.807) is 11.6 Å². The van der Waals surface area contributed by atoms with Gasteiger partial charge in [-0.3, -0.25) is 14.3 Å². The maximum atomic E-state index is 12.3. The van der Waals surface area contributed by atoms with Crippen LogP contribution in [0.2, 0.25) is 0 Å². The number of nitrogens with zero attached hydrogens (tertiary/aromatic N) is 4. The smallest absolute Gasteiger partial charge is 0.329 e. The first kappa shape index (κ1) is 18.1. The first-order valence-corrected chi connectivity index (χ1v) is 10.1. The van der Waals surface area contributed by atoms with E-state index in [1.807, 2.05) is 24.3 Å². The normalized spacial score (nSPS) is 12.9. The molecule has 27 heavy (non-hydrogen) atoms. The molecule has 0 aliphatic heterocycles. The number of aromatic amines is 1. The van der Waals surface area contributed by atoms with Crippen molar-refractivity contribution >= 4 is 50.0 Å². The van der Waals surface area contributed by atoms with Gasteiger partial charge in [0.1, 0.15) is 5.52 Å². The summed E-state index contributed by atoms with van der Waals surface area (Å²) >= 11 is 4.93. The monoisotopic (exact) mass is 449 g/mol. The number of imidazole rings is 1. The molecule has 1 N–H and O–H groups in total. The van der Waals surface area contributed by atoms with Gasteiger partial charge in [0.05, 0.1) is 0 Å². The molecule has 4 aromatic rings. The topological polar surface area (TPSA) is 98.7 Å². The largest absolute Gasteiger partial charge is 0.431 e. The number of aryl methyl sites for hydroxylation is 1. The van der Waals surface area contributed by atoms with Crippen LogP contribution < -0.4 is 11.2 Å². The summed E-state index contributed by atoms with van der Waals surface area (Å²) < 4.78 is 9.35. The van der Waals surface area contributed by atoms with Crippen molar-refractivity contribution in [1.82, 2.24) is 24.1 Å². The van der Waals surface area contributed by atoms with E-state index < -0.39 is 11.2 Å². The fourth-order valence-corrected chi connectivity index (χ4v) is 4.20. The molecule has 3 heterocycles. The third-order valence-corrected chi connectivity index (χ3v) is 5.98. The van der Waals surface area contributed by atoms with E-state index >= 15 is 0 Å². The zero-order chi connectivity index (χ0) is 19.1. The standard InChI is InChI=1S/C17H16BrN5O3S/c1-9(8-27-17-19-10-5-3-4-6-11(10)26-17)7-23-12-13(20-15(23)18)22(2)16(25)21-14(12)24/h3-6,9H,7-8H2,1-2H3,(H,21,24,25)/t9-/m1/s1. The lowest BCUT2D eigenvalue weighted by Gasteiger charge is -2.12. The van der Waals surface area contributed by atoms with E-state index in [0.29, 0.717) is 27.7 Å². The predicted octanol–water partition coefficient (Wildman–Crippen LogP) is 2.76. The Hall–Kier alpha value is -2.33. The van der Waals surface area contributed by atoms with Crippen molar-refractivity contribution in [1.29, 1.82) is 0 Å². The molecular weight excluding hydrogens is 434 g/mol. The Kier molecular flexibility index (Phi) is 4.68. The van der Waals surface area contributed by atoms with Crippen LogP contribution in [0.3, 0.4) is 0 Å². The third kappa shape index (κ3) is 3.34. The molecule has 0 bridgehead atoms. The summed E-state index contributed by atoms with van der Waals surface area (Å²) in [5, 5.41) is 0.623. The third-order valence-electron chi connectivity index (χ3n) is 4.22. The van der Waals surface area contributed by atoms with Crippen LogP contribution >= 0.6 is 27.7 Å². The fourth-order valence-electron chi connectivity index (χ4n) is 2.87. The van der Waals surface area contributed by atoms with Gasteiger partial charge < -0.3 is 8.98 Å². The average Bonchev–Trinajstić information content (AvgIpc) is 3.19. The molecule has 4 rings (SSSR count). The van der Waals surface area contributed by atoms with Crippen LogP contribution in [0.15, 0.2) is 48.2 Å². The molecule has 0 spiro atoms. The highest BCUT2D eigenvalue weighted by Crippen LogP contribution is 2.26. The Bertz CT molecular complexity index is 1220. The molecule has 0 saturated heterocycles. The van der Waals surface area contributed by atoms with E-state index in [2.05, 4.69) is 37.8 Å². The summed E-state index contributed by atoms with van der Waals surface area (Å²) in [6.45, 7) is 2.63. The summed E-state index contributed by atoms with van der Waals surface area (Å²) in [5.74, 6) is 0.957. The van der Waals surface area contributed by atoms with Crippen molar-refractivity contribution in [3.05, 3.63) is 49.8 Å². The summed E-state index contributed by atoms with van der Waals surface area (Å²) in [4.78, 5) is 35.1. The van der Waals surface area contributed by atoms with E-state index in [0.717, 1.165) is 16.9 Å². The maximum absolute atomic E-state index is 12.3. The number of thioether (sulfide) groups is 1. The Balaban J connectivity index is 1.55. The van der Waals surface area contributed by atoms with Crippen LogP contribution in [0, 0.1) is 5.92 Å². The van der Waals surface area contributed by atoms with Gasteiger partial charge in [-0.25, -0.2) is 14.8 Å². The van der Waals surface area contributed by atoms with Crippen molar-refractivity contribution < 1.29 is 4.42 Å². The van der Waals surface area contributed by atoms with Crippen LogP contribution in [0.4, 0.5) is 0 Å². The van der Waals surface area contributed by atoms with Crippen LogP contribution in [-0.2, 0) is 13.6 Å². The quantitative estimate of drug-likeness (QED) is 0.371. The zero-order valence-corrected chi connectivity index (χ0v) is 17.0. The lowest BCUT2D eigenvalue weighted by atomic mass is 10.2. The van der Waals surface area contributed by atoms with Gasteiger partial charge in [0, 0.05) is 19.3 Å². The van der Waals surface area contributed by atoms with Crippen molar-refractivity contribution in [2.45, 2.75) is 18.7 Å². The highest BCUT2D eigenvalue weighted by Gasteiger charge is 2.18. The Morgan fingerprint density at radius 1 is 1.30 bits per heavy atom. The number of nitrogens with one attached hydrogen (secondary N) is 1. The molecule has 0 amide bonds. The second-order valence-electron chi connectivity index (χ2n) is 6.35. The summed E-state index contributed by atoms with van der Waals surface area (Å²) in [6, 6.07) is 7.64. The molecule has 0 unspecified atom stereocenters. The number of hydrogen-bond donors (Lipinski definition) is 1. The molecule has 3 aromatic heterocycles. The predicted molar refractivity (Wildman–Crippen MR) is 107 cm³/mol. The molecule has 1 atom stereocenters. The average molecular weight is 450 g/mol. The van der Waals surface area contributed by atoms with Crippen LogP contribution in [0.5, 0.6) is 0 Å². The lowest BCUT2D eigenvalue weighted by molar-refractivity contribution is 0.484. The molecule has 140 valence electrons. The number of halogens is 1. The highest BCUT2D eigenvalue weighted by atomic mass is 79.9. The number of fused-ring (bicyclic) bond motifs is 2. The second-order valence-corrected chi connectivity index (χ2v) is 8.03. The van der Waals surface area contributed by atoms with Gasteiger partial charge in [-0.2, -0.15) is 0 Å². The Morgan fingerprint density at radius 3 is 2.85 bits per heavy atom. The molecule has 0 radical (unpaired) electrons. The van der Waals surface area contributed by atoms with Gasteiger partial charge in [0.25, 0.3) is 10.8 Å². The van der Waals surface area contributed by atoms with Crippen LogP contribution in [0.25, 0.3) is 22.3 Å². The molecule has 0 aliphatic carbocycles.